The highest BCUT2D eigenvalue weighted by Crippen LogP contribution is 2.29. The predicted octanol–water partition coefficient (Wildman–Crippen LogP) is 4.26. The number of aromatic nitrogens is 5. The molecule has 5 heterocycles. The molecule has 0 bridgehead atoms. The van der Waals surface area contributed by atoms with E-state index in [9.17, 15) is 0 Å². The minimum atomic E-state index is 0. The van der Waals surface area contributed by atoms with Crippen LogP contribution in [-0.4, -0.2) is 56.9 Å². The Bertz CT molecular complexity index is 1280. The van der Waals surface area contributed by atoms with Crippen LogP contribution in [0.3, 0.4) is 0 Å². The van der Waals surface area contributed by atoms with Crippen molar-refractivity contribution in [1.82, 2.24) is 24.6 Å². The number of anilines is 2. The van der Waals surface area contributed by atoms with Gasteiger partial charge in [-0.05, 0) is 44.7 Å². The summed E-state index contributed by atoms with van der Waals surface area (Å²) in [6, 6.07) is 10.5. The van der Waals surface area contributed by atoms with Crippen LogP contribution in [0, 0.1) is 6.92 Å². The van der Waals surface area contributed by atoms with E-state index in [-0.39, 0.29) is 12.4 Å². The fourth-order valence-corrected chi connectivity index (χ4v) is 4.68. The average molecular weight is 466 g/mol. The van der Waals surface area contributed by atoms with Gasteiger partial charge in [-0.1, -0.05) is 12.1 Å². The Morgan fingerprint density at radius 2 is 1.73 bits per heavy atom. The molecule has 8 nitrogen and oxygen atoms in total. The summed E-state index contributed by atoms with van der Waals surface area (Å²) in [4.78, 5) is 16.9. The van der Waals surface area contributed by atoms with Crippen molar-refractivity contribution >= 4 is 40.6 Å². The third-order valence-corrected chi connectivity index (χ3v) is 6.41. The molecular weight excluding hydrogens is 438 g/mol. The molecule has 33 heavy (non-hydrogen) atoms. The van der Waals surface area contributed by atoms with Gasteiger partial charge in [0.05, 0.1) is 28.6 Å². The Kier molecular flexibility index (Phi) is 6.03. The highest BCUT2D eigenvalue weighted by molar-refractivity contribution is 5.85. The van der Waals surface area contributed by atoms with Gasteiger partial charge < -0.3 is 15.0 Å². The lowest BCUT2D eigenvalue weighted by molar-refractivity contribution is 0.0904. The molecule has 0 aliphatic carbocycles. The van der Waals surface area contributed by atoms with Crippen molar-refractivity contribution in [3.8, 4) is 11.4 Å². The summed E-state index contributed by atoms with van der Waals surface area (Å²) >= 11 is 0. The van der Waals surface area contributed by atoms with Gasteiger partial charge in [0.15, 0.2) is 11.5 Å². The first kappa shape index (κ1) is 21.9. The summed E-state index contributed by atoms with van der Waals surface area (Å²) < 4.78 is 7.45. The van der Waals surface area contributed by atoms with Crippen LogP contribution in [0.5, 0.6) is 0 Å². The molecule has 0 unspecified atom stereocenters. The van der Waals surface area contributed by atoms with Crippen LogP contribution in [0.15, 0.2) is 36.5 Å². The molecular formula is C24H28ClN7O. The van der Waals surface area contributed by atoms with Gasteiger partial charge in [0.1, 0.15) is 11.4 Å². The Balaban J connectivity index is 0.00000228. The molecule has 2 fully saturated rings. The van der Waals surface area contributed by atoms with E-state index in [2.05, 4.69) is 16.3 Å². The number of fused-ring (bicyclic) bond motifs is 2. The van der Waals surface area contributed by atoms with Crippen molar-refractivity contribution in [2.45, 2.75) is 38.6 Å². The van der Waals surface area contributed by atoms with E-state index in [0.29, 0.717) is 6.04 Å². The number of imidazole rings is 1. The van der Waals surface area contributed by atoms with E-state index in [1.807, 2.05) is 41.9 Å². The first-order chi connectivity index (χ1) is 15.7. The third-order valence-electron chi connectivity index (χ3n) is 6.41. The predicted molar refractivity (Wildman–Crippen MR) is 132 cm³/mol. The number of nitrogens with one attached hydrogen (secondary N) is 1. The molecule has 0 saturated carbocycles. The van der Waals surface area contributed by atoms with Crippen LogP contribution >= 0.6 is 12.4 Å². The highest BCUT2D eigenvalue weighted by Gasteiger charge is 2.21. The molecule has 9 heteroatoms. The first-order valence-electron chi connectivity index (χ1n) is 11.5. The summed E-state index contributed by atoms with van der Waals surface area (Å²) in [6.45, 7) is 5.67. The Morgan fingerprint density at radius 1 is 1.00 bits per heavy atom. The van der Waals surface area contributed by atoms with Crippen LogP contribution in [0.1, 0.15) is 31.4 Å². The maximum atomic E-state index is 5.54. The number of halogens is 1. The zero-order chi connectivity index (χ0) is 21.5. The topological polar surface area (TPSA) is 80.5 Å². The average Bonchev–Trinajstić information content (AvgIpc) is 3.49. The van der Waals surface area contributed by atoms with Crippen molar-refractivity contribution in [2.24, 2.45) is 0 Å². The minimum Gasteiger partial charge on any atom is -0.381 e. The lowest BCUT2D eigenvalue weighted by Gasteiger charge is -2.25. The van der Waals surface area contributed by atoms with E-state index >= 15 is 0 Å². The van der Waals surface area contributed by atoms with Gasteiger partial charge >= 0.3 is 0 Å². The molecule has 2 aliphatic rings. The third kappa shape index (κ3) is 4.20. The van der Waals surface area contributed by atoms with Gasteiger partial charge in [-0.3, -0.25) is 0 Å². The SMILES string of the molecule is Cc1nc2ccccc2nc1-c1cn2nc(N3CCCC3)cc(NC3CCOCC3)c2n1.Cl. The number of rotatable bonds is 4. The van der Waals surface area contributed by atoms with Crippen LogP contribution in [0.2, 0.25) is 0 Å². The molecule has 172 valence electrons. The van der Waals surface area contributed by atoms with Crippen LogP contribution in [0.4, 0.5) is 11.5 Å². The normalized spacial score (nSPS) is 16.9. The van der Waals surface area contributed by atoms with E-state index < -0.39 is 0 Å². The molecule has 1 N–H and O–H groups in total. The van der Waals surface area contributed by atoms with Gasteiger partial charge in [0.25, 0.3) is 0 Å². The zero-order valence-corrected chi connectivity index (χ0v) is 19.5. The van der Waals surface area contributed by atoms with E-state index in [1.165, 1.54) is 12.8 Å². The number of nitrogens with zero attached hydrogens (tertiary/aromatic N) is 6. The van der Waals surface area contributed by atoms with Crippen LogP contribution in [0.25, 0.3) is 28.1 Å². The van der Waals surface area contributed by atoms with E-state index in [4.69, 9.17) is 24.8 Å². The lowest BCUT2D eigenvalue weighted by atomic mass is 10.1. The molecule has 2 saturated heterocycles. The molecule has 6 rings (SSSR count). The Labute approximate surface area is 198 Å². The molecule has 0 spiro atoms. The first-order valence-corrected chi connectivity index (χ1v) is 11.5. The van der Waals surface area contributed by atoms with E-state index in [1.54, 1.807) is 0 Å². The summed E-state index contributed by atoms with van der Waals surface area (Å²) in [6.07, 6.45) is 6.40. The number of hydrogen-bond donors (Lipinski definition) is 1. The van der Waals surface area contributed by atoms with Crippen molar-refractivity contribution in [2.75, 3.05) is 36.5 Å². The van der Waals surface area contributed by atoms with Gasteiger partial charge in [-0.25, -0.2) is 19.5 Å². The molecule has 2 aliphatic heterocycles. The fraction of sp³-hybridized carbons (Fsp3) is 0.417. The molecule has 0 atom stereocenters. The summed E-state index contributed by atoms with van der Waals surface area (Å²) in [5.74, 6) is 0.995. The Hall–Kier alpha value is -2.97. The maximum Gasteiger partial charge on any atom is 0.177 e. The lowest BCUT2D eigenvalue weighted by Crippen LogP contribution is -2.28. The quantitative estimate of drug-likeness (QED) is 0.482. The molecule has 4 aromatic rings. The second kappa shape index (κ2) is 9.11. The Morgan fingerprint density at radius 3 is 2.48 bits per heavy atom. The molecule has 3 aromatic heterocycles. The van der Waals surface area contributed by atoms with Gasteiger partial charge in [-0.2, -0.15) is 0 Å². The molecule has 0 amide bonds. The second-order valence-electron chi connectivity index (χ2n) is 8.68. The maximum absolute atomic E-state index is 5.54. The number of aryl methyl sites for hydroxylation is 1. The largest absolute Gasteiger partial charge is 0.381 e. The summed E-state index contributed by atoms with van der Waals surface area (Å²) in [7, 11) is 0. The van der Waals surface area contributed by atoms with Crippen LogP contribution in [-0.2, 0) is 4.74 Å². The van der Waals surface area contributed by atoms with Crippen molar-refractivity contribution in [3.05, 3.63) is 42.2 Å². The van der Waals surface area contributed by atoms with Crippen LogP contribution < -0.4 is 10.2 Å². The van der Waals surface area contributed by atoms with Gasteiger partial charge in [-0.15, -0.1) is 17.5 Å². The summed E-state index contributed by atoms with van der Waals surface area (Å²) in [5.41, 5.74) is 6.07. The highest BCUT2D eigenvalue weighted by atomic mass is 35.5. The number of benzene rings is 1. The number of hydrogen-bond acceptors (Lipinski definition) is 7. The standard InChI is InChI=1S/C24H27N7O.ClH/c1-16-23(27-19-7-3-2-6-18(19)25-16)21-15-31-24(28-21)20(26-17-8-12-32-13-9-17)14-22(29-31)30-10-4-5-11-30;/h2-3,6-7,14-15,17,26H,4-5,8-13H2,1H3;1H. The van der Waals surface area contributed by atoms with Gasteiger partial charge in [0.2, 0.25) is 0 Å². The second-order valence-corrected chi connectivity index (χ2v) is 8.68. The van der Waals surface area contributed by atoms with E-state index in [0.717, 1.165) is 84.4 Å². The monoisotopic (exact) mass is 465 g/mol. The smallest absolute Gasteiger partial charge is 0.177 e. The van der Waals surface area contributed by atoms with Crippen molar-refractivity contribution in [3.63, 3.8) is 0 Å². The number of ether oxygens (including phenoxy) is 1. The fourth-order valence-electron chi connectivity index (χ4n) is 4.68. The van der Waals surface area contributed by atoms with Crippen molar-refractivity contribution in [1.29, 1.82) is 0 Å². The minimum absolute atomic E-state index is 0. The summed E-state index contributed by atoms with van der Waals surface area (Å²) in [5, 5.41) is 8.65. The molecule has 0 radical (unpaired) electrons. The molecule has 1 aromatic carbocycles. The zero-order valence-electron chi connectivity index (χ0n) is 18.7. The van der Waals surface area contributed by atoms with Gasteiger partial charge in [0, 0.05) is 38.4 Å². The van der Waals surface area contributed by atoms with Crippen molar-refractivity contribution < 1.29 is 4.74 Å². The number of para-hydroxylation sites is 2.